The van der Waals surface area contributed by atoms with Gasteiger partial charge in [-0.25, -0.2) is 4.79 Å². The summed E-state index contributed by atoms with van der Waals surface area (Å²) in [6.45, 7) is 0.948. The molecule has 0 N–H and O–H groups in total. The number of fused-ring (bicyclic) bond motifs is 1. The Morgan fingerprint density at radius 2 is 1.82 bits per heavy atom. The predicted molar refractivity (Wildman–Crippen MR) is 103 cm³/mol. The molecule has 0 saturated carbocycles. The van der Waals surface area contributed by atoms with E-state index in [9.17, 15) is 13.8 Å². The Hall–Kier alpha value is -2.87. The van der Waals surface area contributed by atoms with Crippen LogP contribution in [0.4, 0.5) is 0 Å². The molecule has 148 valence electrons. The molecule has 0 fully saturated rings. The highest BCUT2D eigenvalue weighted by molar-refractivity contribution is 7.84. The molecular formula is C20H21NO6S. The first-order valence-electron chi connectivity index (χ1n) is 8.68. The van der Waals surface area contributed by atoms with Crippen LogP contribution in [-0.4, -0.2) is 54.1 Å². The predicted octanol–water partition coefficient (Wildman–Crippen LogP) is 2.01. The molecule has 0 bridgehead atoms. The van der Waals surface area contributed by atoms with E-state index < -0.39 is 23.4 Å². The molecule has 0 spiro atoms. The topological polar surface area (TPSA) is 82.1 Å². The minimum absolute atomic E-state index is 0.200. The van der Waals surface area contributed by atoms with Gasteiger partial charge in [-0.15, -0.1) is 0 Å². The Morgan fingerprint density at radius 3 is 2.57 bits per heavy atom. The van der Waals surface area contributed by atoms with E-state index in [4.69, 9.17) is 14.2 Å². The molecule has 0 radical (unpaired) electrons. The second-order valence-corrected chi connectivity index (χ2v) is 7.60. The third kappa shape index (κ3) is 4.69. The summed E-state index contributed by atoms with van der Waals surface area (Å²) in [6.07, 6.45) is 1.48. The molecule has 0 aromatic heterocycles. The van der Waals surface area contributed by atoms with Crippen LogP contribution >= 0.6 is 0 Å². The number of carbonyl (C=O) groups excluding carboxylic acids is 2. The van der Waals surface area contributed by atoms with Crippen molar-refractivity contribution >= 4 is 22.7 Å². The lowest BCUT2D eigenvalue weighted by molar-refractivity contribution is -0.133. The third-order valence-corrected chi connectivity index (χ3v) is 5.17. The minimum Gasteiger partial charge on any atom is -0.486 e. The highest BCUT2D eigenvalue weighted by Crippen LogP contribution is 2.31. The van der Waals surface area contributed by atoms with Gasteiger partial charge in [0.05, 0.1) is 21.3 Å². The average molecular weight is 403 g/mol. The molecule has 0 unspecified atom stereocenters. The van der Waals surface area contributed by atoms with Gasteiger partial charge in [-0.1, -0.05) is 18.2 Å². The second-order valence-electron chi connectivity index (χ2n) is 6.25. The Balaban J connectivity index is 1.57. The SMILES string of the molecule is CN(Cc1ccc2c(c1)OCCO2)C(=O)COC(=O)c1ccccc1[S@](C)=O. The molecule has 1 aliphatic heterocycles. The Bertz CT molecular complexity index is 913. The quantitative estimate of drug-likeness (QED) is 0.687. The van der Waals surface area contributed by atoms with E-state index in [1.54, 1.807) is 25.2 Å². The average Bonchev–Trinajstić information content (AvgIpc) is 2.71. The van der Waals surface area contributed by atoms with Gasteiger partial charge in [0, 0.05) is 19.8 Å². The molecule has 2 aromatic rings. The summed E-state index contributed by atoms with van der Waals surface area (Å²) in [7, 11) is 0.297. The molecular weight excluding hydrogens is 382 g/mol. The first kappa shape index (κ1) is 19.9. The van der Waals surface area contributed by atoms with E-state index >= 15 is 0 Å². The zero-order valence-corrected chi connectivity index (χ0v) is 16.5. The zero-order valence-electron chi connectivity index (χ0n) is 15.7. The molecule has 1 atom stereocenters. The minimum atomic E-state index is -1.33. The highest BCUT2D eigenvalue weighted by Gasteiger charge is 2.18. The molecule has 1 amide bonds. The Morgan fingerprint density at radius 1 is 1.11 bits per heavy atom. The van der Waals surface area contributed by atoms with Gasteiger partial charge in [0.1, 0.15) is 13.2 Å². The number of hydrogen-bond acceptors (Lipinski definition) is 6. The van der Waals surface area contributed by atoms with Crippen LogP contribution in [-0.2, 0) is 26.9 Å². The van der Waals surface area contributed by atoms with Crippen LogP contribution in [0.25, 0.3) is 0 Å². The maximum absolute atomic E-state index is 12.3. The zero-order chi connectivity index (χ0) is 20.1. The lowest BCUT2D eigenvalue weighted by atomic mass is 10.2. The summed E-state index contributed by atoms with van der Waals surface area (Å²) in [5.41, 5.74) is 1.07. The fourth-order valence-corrected chi connectivity index (χ4v) is 3.48. The number of hydrogen-bond donors (Lipinski definition) is 0. The van der Waals surface area contributed by atoms with Crippen molar-refractivity contribution in [2.45, 2.75) is 11.4 Å². The molecule has 0 saturated heterocycles. The first-order chi connectivity index (χ1) is 13.5. The van der Waals surface area contributed by atoms with Crippen LogP contribution in [0.3, 0.4) is 0 Å². The van der Waals surface area contributed by atoms with Gasteiger partial charge < -0.3 is 19.1 Å². The molecule has 7 nitrogen and oxygen atoms in total. The summed E-state index contributed by atoms with van der Waals surface area (Å²) in [6, 6.07) is 12.0. The summed E-state index contributed by atoms with van der Waals surface area (Å²) < 4.78 is 27.9. The second kappa shape index (κ2) is 8.88. The van der Waals surface area contributed by atoms with Gasteiger partial charge in [0.15, 0.2) is 18.1 Å². The number of amides is 1. The number of likely N-dealkylation sites (N-methyl/N-ethyl adjacent to an activating group) is 1. The summed E-state index contributed by atoms with van der Waals surface area (Å²) in [5.74, 6) is 0.315. The van der Waals surface area contributed by atoms with Crippen molar-refractivity contribution in [3.05, 3.63) is 53.6 Å². The number of nitrogens with zero attached hydrogens (tertiary/aromatic N) is 1. The Kier molecular flexibility index (Phi) is 6.30. The first-order valence-corrected chi connectivity index (χ1v) is 10.2. The van der Waals surface area contributed by atoms with Crippen molar-refractivity contribution in [2.24, 2.45) is 0 Å². The number of benzene rings is 2. The summed E-state index contributed by atoms with van der Waals surface area (Å²) >= 11 is 0. The van der Waals surface area contributed by atoms with Crippen molar-refractivity contribution in [2.75, 3.05) is 33.1 Å². The van der Waals surface area contributed by atoms with Gasteiger partial charge >= 0.3 is 5.97 Å². The molecule has 28 heavy (non-hydrogen) atoms. The van der Waals surface area contributed by atoms with E-state index in [-0.39, 0.29) is 11.5 Å². The fraction of sp³-hybridized carbons (Fsp3) is 0.300. The molecule has 8 heteroatoms. The molecule has 1 aliphatic rings. The van der Waals surface area contributed by atoms with Crippen molar-refractivity contribution in [3.63, 3.8) is 0 Å². The van der Waals surface area contributed by atoms with Crippen LogP contribution < -0.4 is 9.47 Å². The van der Waals surface area contributed by atoms with Crippen molar-refractivity contribution in [1.29, 1.82) is 0 Å². The molecule has 1 heterocycles. The third-order valence-electron chi connectivity index (χ3n) is 4.20. The number of carbonyl (C=O) groups is 2. The molecule has 2 aromatic carbocycles. The summed E-state index contributed by atoms with van der Waals surface area (Å²) in [4.78, 5) is 26.4. The van der Waals surface area contributed by atoms with Gasteiger partial charge in [-0.3, -0.25) is 9.00 Å². The lowest BCUT2D eigenvalue weighted by Gasteiger charge is -2.21. The van der Waals surface area contributed by atoms with Crippen molar-refractivity contribution < 1.29 is 28.0 Å². The highest BCUT2D eigenvalue weighted by atomic mass is 32.2. The van der Waals surface area contributed by atoms with E-state index in [1.165, 1.54) is 17.2 Å². The maximum Gasteiger partial charge on any atom is 0.339 e. The standard InChI is InChI=1S/C20H21NO6S/c1-21(12-14-7-8-16-17(11-14)26-10-9-25-16)19(22)13-27-20(23)15-5-3-4-6-18(15)28(2)24/h3-8,11H,9-10,12-13H2,1-2H3/t28-/m0/s1. The smallest absolute Gasteiger partial charge is 0.339 e. The van der Waals surface area contributed by atoms with Crippen molar-refractivity contribution in [1.82, 2.24) is 4.90 Å². The number of ether oxygens (including phenoxy) is 3. The molecule has 3 rings (SSSR count). The van der Waals surface area contributed by atoms with Gasteiger partial charge in [-0.05, 0) is 29.8 Å². The fourth-order valence-electron chi connectivity index (χ4n) is 2.75. The largest absolute Gasteiger partial charge is 0.486 e. The van der Waals surface area contributed by atoms with Crippen LogP contribution in [0.15, 0.2) is 47.4 Å². The van der Waals surface area contributed by atoms with Gasteiger partial charge in [0.2, 0.25) is 0 Å². The van der Waals surface area contributed by atoms with E-state index in [2.05, 4.69) is 0 Å². The van der Waals surface area contributed by atoms with E-state index in [1.807, 2.05) is 18.2 Å². The van der Waals surface area contributed by atoms with Crippen molar-refractivity contribution in [3.8, 4) is 11.5 Å². The van der Waals surface area contributed by atoms with Crippen LogP contribution in [0, 0.1) is 0 Å². The van der Waals surface area contributed by atoms with Crippen LogP contribution in [0.5, 0.6) is 11.5 Å². The Labute approximate surface area is 165 Å². The summed E-state index contributed by atoms with van der Waals surface area (Å²) in [5, 5.41) is 0. The van der Waals surface area contributed by atoms with Crippen LogP contribution in [0.2, 0.25) is 0 Å². The van der Waals surface area contributed by atoms with Gasteiger partial charge in [-0.2, -0.15) is 0 Å². The van der Waals surface area contributed by atoms with Gasteiger partial charge in [0.25, 0.3) is 5.91 Å². The normalized spacial score (nSPS) is 13.5. The number of rotatable bonds is 6. The van der Waals surface area contributed by atoms with Crippen LogP contribution in [0.1, 0.15) is 15.9 Å². The molecule has 0 aliphatic carbocycles. The number of esters is 1. The van der Waals surface area contributed by atoms with E-state index in [0.29, 0.717) is 36.2 Å². The van der Waals surface area contributed by atoms with E-state index in [0.717, 1.165) is 5.56 Å². The lowest BCUT2D eigenvalue weighted by Crippen LogP contribution is -2.31. The maximum atomic E-state index is 12.3. The monoisotopic (exact) mass is 403 g/mol.